The van der Waals surface area contributed by atoms with Crippen LogP contribution < -0.4 is 16.4 Å². The lowest BCUT2D eigenvalue weighted by molar-refractivity contribution is -0.116. The molecule has 0 aliphatic carbocycles. The highest BCUT2D eigenvalue weighted by Crippen LogP contribution is 2.23. The molecule has 2 aromatic carbocycles. The smallest absolute Gasteiger partial charge is 0.267 e. The Labute approximate surface area is 185 Å². The van der Waals surface area contributed by atoms with Crippen molar-refractivity contribution in [3.05, 3.63) is 98.3 Å². The summed E-state index contributed by atoms with van der Waals surface area (Å²) in [5.41, 5.74) is 5.36. The lowest BCUT2D eigenvalue weighted by atomic mass is 10.1. The van der Waals surface area contributed by atoms with Gasteiger partial charge in [0.25, 0.3) is 17.4 Å². The van der Waals surface area contributed by atoms with Crippen LogP contribution >= 0.6 is 11.3 Å². The molecule has 2 N–H and O–H groups in total. The Kier molecular flexibility index (Phi) is 5.91. The van der Waals surface area contributed by atoms with Crippen LogP contribution in [0.15, 0.2) is 70.8 Å². The predicted molar refractivity (Wildman–Crippen MR) is 121 cm³/mol. The van der Waals surface area contributed by atoms with Crippen LogP contribution in [-0.4, -0.2) is 21.6 Å². The van der Waals surface area contributed by atoms with Gasteiger partial charge < -0.3 is 0 Å². The van der Waals surface area contributed by atoms with Crippen LogP contribution in [0.1, 0.15) is 20.9 Å². The Morgan fingerprint density at radius 1 is 1.00 bits per heavy atom. The van der Waals surface area contributed by atoms with Gasteiger partial charge in [0.1, 0.15) is 5.82 Å². The fourth-order valence-corrected chi connectivity index (χ4v) is 3.85. The molecular formula is C23H17FN4O3S. The Hall–Kier alpha value is -4.11. The standard InChI is InChI=1S/C23H17FN4O3S/c1-28-23(31)17-6-3-2-5-16(17)20(27-28)22(30)26-25-21(29)18(19-7-4-12-32-19)13-14-8-10-15(24)11-9-14/h2-13H,1H3,(H,25,29)(H,26,30)/b18-13+. The van der Waals surface area contributed by atoms with Crippen molar-refractivity contribution in [1.29, 1.82) is 0 Å². The minimum atomic E-state index is -0.669. The first-order chi connectivity index (χ1) is 15.4. The third-order valence-corrected chi connectivity index (χ3v) is 5.58. The van der Waals surface area contributed by atoms with Gasteiger partial charge in [-0.2, -0.15) is 5.10 Å². The van der Waals surface area contributed by atoms with Gasteiger partial charge in [0.15, 0.2) is 5.69 Å². The van der Waals surface area contributed by atoms with Crippen molar-refractivity contribution in [2.75, 3.05) is 0 Å². The maximum atomic E-state index is 13.2. The molecule has 0 saturated heterocycles. The van der Waals surface area contributed by atoms with E-state index in [4.69, 9.17) is 0 Å². The van der Waals surface area contributed by atoms with Crippen molar-refractivity contribution in [3.63, 3.8) is 0 Å². The van der Waals surface area contributed by atoms with Gasteiger partial charge in [-0.1, -0.05) is 36.4 Å². The molecule has 2 aromatic heterocycles. The van der Waals surface area contributed by atoms with Gasteiger partial charge >= 0.3 is 0 Å². The molecule has 0 saturated carbocycles. The molecule has 4 rings (SSSR count). The van der Waals surface area contributed by atoms with E-state index < -0.39 is 11.8 Å². The molecule has 0 aliphatic rings. The molecule has 0 fully saturated rings. The third-order valence-electron chi connectivity index (χ3n) is 4.67. The molecule has 0 radical (unpaired) electrons. The van der Waals surface area contributed by atoms with Gasteiger partial charge in [-0.25, -0.2) is 9.07 Å². The number of nitrogens with one attached hydrogen (secondary N) is 2. The first-order valence-electron chi connectivity index (χ1n) is 9.52. The Morgan fingerprint density at radius 3 is 2.41 bits per heavy atom. The van der Waals surface area contributed by atoms with Gasteiger partial charge in [-0.3, -0.25) is 25.2 Å². The van der Waals surface area contributed by atoms with Gasteiger partial charge in [0.2, 0.25) is 0 Å². The van der Waals surface area contributed by atoms with Crippen LogP contribution in [0.2, 0.25) is 0 Å². The number of thiophene rings is 1. The molecule has 7 nitrogen and oxygen atoms in total. The van der Waals surface area contributed by atoms with E-state index in [1.54, 1.807) is 54.6 Å². The van der Waals surface area contributed by atoms with E-state index in [1.807, 2.05) is 5.38 Å². The summed E-state index contributed by atoms with van der Waals surface area (Å²) < 4.78 is 14.3. The van der Waals surface area contributed by atoms with Crippen LogP contribution in [0.25, 0.3) is 22.4 Å². The van der Waals surface area contributed by atoms with E-state index in [1.165, 1.54) is 30.5 Å². The molecule has 0 spiro atoms. The number of halogens is 1. The lowest BCUT2D eigenvalue weighted by Gasteiger charge is -2.11. The number of rotatable bonds is 4. The monoisotopic (exact) mass is 448 g/mol. The fraction of sp³-hybridized carbons (Fsp3) is 0.0435. The highest BCUT2D eigenvalue weighted by molar-refractivity contribution is 7.11. The third kappa shape index (κ3) is 4.33. The number of hydrazine groups is 1. The SMILES string of the molecule is Cn1nc(C(=O)NNC(=O)/C(=C/c2ccc(F)cc2)c2cccs2)c2ccccc2c1=O. The summed E-state index contributed by atoms with van der Waals surface area (Å²) in [4.78, 5) is 38.6. The number of nitrogens with zero attached hydrogens (tertiary/aromatic N) is 2. The second-order valence-corrected chi connectivity index (χ2v) is 7.77. The first kappa shape index (κ1) is 21.1. The van der Waals surface area contributed by atoms with Crippen molar-refractivity contribution >= 4 is 45.6 Å². The van der Waals surface area contributed by atoms with Crippen LogP contribution in [0, 0.1) is 5.82 Å². The Bertz CT molecular complexity index is 1390. The number of benzene rings is 2. The Morgan fingerprint density at radius 2 is 1.72 bits per heavy atom. The normalized spacial score (nSPS) is 11.4. The highest BCUT2D eigenvalue weighted by atomic mass is 32.1. The number of carbonyl (C=O) groups excluding carboxylic acids is 2. The maximum Gasteiger partial charge on any atom is 0.290 e. The average Bonchev–Trinajstić information content (AvgIpc) is 3.34. The zero-order valence-electron chi connectivity index (χ0n) is 16.8. The van der Waals surface area contributed by atoms with Crippen LogP contribution in [0.3, 0.4) is 0 Å². The minimum Gasteiger partial charge on any atom is -0.267 e. The van der Waals surface area contributed by atoms with E-state index in [9.17, 15) is 18.8 Å². The van der Waals surface area contributed by atoms with E-state index in [-0.39, 0.29) is 17.1 Å². The van der Waals surface area contributed by atoms with Crippen LogP contribution in [0.4, 0.5) is 4.39 Å². The molecule has 32 heavy (non-hydrogen) atoms. The quantitative estimate of drug-likeness (QED) is 0.371. The predicted octanol–water partition coefficient (Wildman–Crippen LogP) is 3.14. The molecule has 2 heterocycles. The minimum absolute atomic E-state index is 0.00295. The highest BCUT2D eigenvalue weighted by Gasteiger charge is 2.18. The summed E-state index contributed by atoms with van der Waals surface area (Å²) >= 11 is 1.35. The number of hydrogen-bond donors (Lipinski definition) is 2. The summed E-state index contributed by atoms with van der Waals surface area (Å²) in [7, 11) is 1.45. The Balaban J connectivity index is 1.60. The first-order valence-corrected chi connectivity index (χ1v) is 10.4. The van der Waals surface area contributed by atoms with Gasteiger partial charge in [-0.15, -0.1) is 11.3 Å². The van der Waals surface area contributed by atoms with Gasteiger partial charge in [0, 0.05) is 17.3 Å². The van der Waals surface area contributed by atoms with Crippen molar-refractivity contribution in [2.24, 2.45) is 7.05 Å². The topological polar surface area (TPSA) is 93.1 Å². The number of aryl methyl sites for hydroxylation is 1. The molecule has 0 bridgehead atoms. The summed E-state index contributed by atoms with van der Waals surface area (Å²) in [5, 5.41) is 6.58. The van der Waals surface area contributed by atoms with E-state index in [2.05, 4.69) is 16.0 Å². The summed E-state index contributed by atoms with van der Waals surface area (Å²) in [5.74, 6) is -1.61. The van der Waals surface area contributed by atoms with Crippen LogP contribution in [-0.2, 0) is 11.8 Å². The van der Waals surface area contributed by atoms with E-state index >= 15 is 0 Å². The second kappa shape index (κ2) is 8.94. The molecule has 2 amide bonds. The number of aromatic nitrogens is 2. The van der Waals surface area contributed by atoms with Crippen molar-refractivity contribution in [1.82, 2.24) is 20.6 Å². The zero-order valence-corrected chi connectivity index (χ0v) is 17.7. The molecule has 160 valence electrons. The van der Waals surface area contributed by atoms with E-state index in [0.717, 1.165) is 4.68 Å². The van der Waals surface area contributed by atoms with Crippen molar-refractivity contribution < 1.29 is 14.0 Å². The molecule has 0 aliphatic heterocycles. The number of hydrogen-bond acceptors (Lipinski definition) is 5. The summed E-state index contributed by atoms with van der Waals surface area (Å²) in [6.45, 7) is 0. The molecule has 0 atom stereocenters. The number of amides is 2. The van der Waals surface area contributed by atoms with Crippen LogP contribution in [0.5, 0.6) is 0 Å². The van der Waals surface area contributed by atoms with Gasteiger partial charge in [-0.05, 0) is 41.3 Å². The van der Waals surface area contributed by atoms with Gasteiger partial charge in [0.05, 0.1) is 11.0 Å². The largest absolute Gasteiger partial charge is 0.290 e. The fourth-order valence-electron chi connectivity index (χ4n) is 3.11. The van der Waals surface area contributed by atoms with E-state index in [0.29, 0.717) is 26.8 Å². The second-order valence-electron chi connectivity index (χ2n) is 6.82. The number of carbonyl (C=O) groups is 2. The molecule has 0 unspecified atom stereocenters. The van der Waals surface area contributed by atoms with Crippen molar-refractivity contribution in [3.8, 4) is 0 Å². The molecule has 9 heteroatoms. The van der Waals surface area contributed by atoms with Crippen molar-refractivity contribution in [2.45, 2.75) is 0 Å². The molecule has 4 aromatic rings. The maximum absolute atomic E-state index is 13.2. The average molecular weight is 448 g/mol. The lowest BCUT2D eigenvalue weighted by Crippen LogP contribution is -2.43. The summed E-state index contributed by atoms with van der Waals surface area (Å²) in [6.07, 6.45) is 1.60. The zero-order chi connectivity index (χ0) is 22.7. The molecular weight excluding hydrogens is 431 g/mol. The number of fused-ring (bicyclic) bond motifs is 1. The summed E-state index contributed by atoms with van der Waals surface area (Å²) in [6, 6.07) is 15.9.